The van der Waals surface area contributed by atoms with E-state index >= 15 is 0 Å². The average molecular weight is 430 g/mol. The van der Waals surface area contributed by atoms with Crippen molar-refractivity contribution >= 4 is 17.6 Å². The van der Waals surface area contributed by atoms with Gasteiger partial charge in [0.15, 0.2) is 5.96 Å². The van der Waals surface area contributed by atoms with E-state index < -0.39 is 0 Å². The van der Waals surface area contributed by atoms with Crippen molar-refractivity contribution in [2.24, 2.45) is 4.99 Å². The fourth-order valence-electron chi connectivity index (χ4n) is 3.38. The van der Waals surface area contributed by atoms with E-state index in [0.29, 0.717) is 29.7 Å². The van der Waals surface area contributed by atoms with Gasteiger partial charge >= 0.3 is 0 Å². The molecule has 10 heteroatoms. The number of hydrogen-bond acceptors (Lipinski definition) is 7. The molecule has 158 valence electrons. The minimum absolute atomic E-state index is 0.542. The summed E-state index contributed by atoms with van der Waals surface area (Å²) in [7, 11) is 1.80. The first-order chi connectivity index (χ1) is 14.7. The van der Waals surface area contributed by atoms with Gasteiger partial charge in [0.2, 0.25) is 11.7 Å². The quantitative estimate of drug-likeness (QED) is 0.471. The fraction of sp³-hybridized carbons (Fsp3) is 0.400. The van der Waals surface area contributed by atoms with Crippen LogP contribution in [0.1, 0.15) is 11.6 Å². The predicted molar refractivity (Wildman–Crippen MR) is 113 cm³/mol. The van der Waals surface area contributed by atoms with Crippen LogP contribution in [-0.4, -0.2) is 70.8 Å². The zero-order valence-corrected chi connectivity index (χ0v) is 17.5. The minimum Gasteiger partial charge on any atom is -0.364 e. The molecule has 0 spiro atoms. The van der Waals surface area contributed by atoms with E-state index in [1.807, 2.05) is 30.3 Å². The van der Waals surface area contributed by atoms with Gasteiger partial charge in [-0.2, -0.15) is 4.98 Å². The first-order valence-corrected chi connectivity index (χ1v) is 10.2. The number of benzene rings is 1. The van der Waals surface area contributed by atoms with Gasteiger partial charge in [0.05, 0.1) is 5.69 Å². The first-order valence-electron chi connectivity index (χ1n) is 9.87. The Hall–Kier alpha value is -2.91. The van der Waals surface area contributed by atoms with Crippen molar-refractivity contribution in [3.05, 3.63) is 53.2 Å². The van der Waals surface area contributed by atoms with Gasteiger partial charge in [-0.25, -0.2) is 0 Å². The molecule has 30 heavy (non-hydrogen) atoms. The maximum absolute atomic E-state index is 6.03. The summed E-state index contributed by atoms with van der Waals surface area (Å²) in [6.45, 7) is 5.15. The molecular weight excluding hydrogens is 406 g/mol. The number of nitrogens with zero attached hydrogens (tertiary/aromatic N) is 6. The molecule has 0 saturated carbocycles. The molecule has 4 rings (SSSR count). The van der Waals surface area contributed by atoms with Gasteiger partial charge in [0, 0.05) is 69.4 Å². The largest absolute Gasteiger partial charge is 0.364 e. The van der Waals surface area contributed by atoms with Crippen LogP contribution in [0.2, 0.25) is 5.02 Å². The molecule has 3 heterocycles. The van der Waals surface area contributed by atoms with Crippen molar-refractivity contribution in [2.45, 2.75) is 13.0 Å². The lowest BCUT2D eigenvalue weighted by atomic mass is 10.2. The van der Waals surface area contributed by atoms with Crippen molar-refractivity contribution in [3.8, 4) is 11.4 Å². The van der Waals surface area contributed by atoms with Gasteiger partial charge in [-0.05, 0) is 12.1 Å². The lowest BCUT2D eigenvalue weighted by Crippen LogP contribution is -2.52. The summed E-state index contributed by atoms with van der Waals surface area (Å²) >= 11 is 6.03. The Labute approximate surface area is 179 Å². The highest BCUT2D eigenvalue weighted by molar-refractivity contribution is 6.30. The summed E-state index contributed by atoms with van der Waals surface area (Å²) in [4.78, 5) is 13.5. The molecule has 1 aromatic carbocycles. The normalized spacial score (nSPS) is 15.5. The molecule has 0 bridgehead atoms. The van der Waals surface area contributed by atoms with E-state index in [2.05, 4.69) is 35.4 Å². The first kappa shape index (κ1) is 20.4. The Balaban J connectivity index is 1.23. The predicted octanol–water partition coefficient (Wildman–Crippen LogP) is 2.31. The third-order valence-corrected chi connectivity index (χ3v) is 5.17. The Bertz CT molecular complexity index is 965. The van der Waals surface area contributed by atoms with Gasteiger partial charge in [-0.1, -0.05) is 34.0 Å². The topological polar surface area (TPSA) is 95.8 Å². The summed E-state index contributed by atoms with van der Waals surface area (Å²) in [5.74, 6) is 2.00. The maximum Gasteiger partial charge on any atom is 0.228 e. The highest BCUT2D eigenvalue weighted by atomic mass is 35.5. The molecule has 1 aliphatic heterocycles. The van der Waals surface area contributed by atoms with Gasteiger partial charge in [0.1, 0.15) is 6.26 Å². The minimum atomic E-state index is 0.542. The molecule has 0 unspecified atom stereocenters. The fourth-order valence-corrected chi connectivity index (χ4v) is 3.57. The van der Waals surface area contributed by atoms with Crippen LogP contribution in [0.3, 0.4) is 0 Å². The van der Waals surface area contributed by atoms with Crippen LogP contribution in [0.25, 0.3) is 11.4 Å². The second-order valence-corrected chi connectivity index (χ2v) is 7.44. The number of piperazine rings is 1. The second kappa shape index (κ2) is 9.73. The van der Waals surface area contributed by atoms with Gasteiger partial charge in [-0.3, -0.25) is 9.89 Å². The van der Waals surface area contributed by atoms with Crippen LogP contribution in [0.4, 0.5) is 0 Å². The van der Waals surface area contributed by atoms with Gasteiger partial charge < -0.3 is 19.3 Å². The molecule has 9 nitrogen and oxygen atoms in total. The molecule has 0 amide bonds. The van der Waals surface area contributed by atoms with Crippen LogP contribution in [0.15, 0.2) is 50.6 Å². The van der Waals surface area contributed by atoms with Crippen LogP contribution in [-0.2, 0) is 13.0 Å². The van der Waals surface area contributed by atoms with E-state index in [-0.39, 0.29) is 0 Å². The van der Waals surface area contributed by atoms with Crippen molar-refractivity contribution in [1.29, 1.82) is 0 Å². The van der Waals surface area contributed by atoms with Gasteiger partial charge in [-0.15, -0.1) is 0 Å². The number of rotatable bonds is 6. The number of hydrogen-bond donors (Lipinski definition) is 1. The molecule has 0 aliphatic carbocycles. The molecule has 1 fully saturated rings. The average Bonchev–Trinajstić information content (AvgIpc) is 3.44. The Morgan fingerprint density at radius 1 is 1.20 bits per heavy atom. The summed E-state index contributed by atoms with van der Waals surface area (Å²) in [6, 6.07) is 9.31. The summed E-state index contributed by atoms with van der Waals surface area (Å²) < 4.78 is 10.3. The van der Waals surface area contributed by atoms with Crippen LogP contribution < -0.4 is 5.32 Å². The number of nitrogens with one attached hydrogen (secondary N) is 1. The zero-order valence-electron chi connectivity index (χ0n) is 16.8. The molecule has 1 N–H and O–H groups in total. The third kappa shape index (κ3) is 5.17. The second-order valence-electron chi connectivity index (χ2n) is 7.00. The summed E-state index contributed by atoms with van der Waals surface area (Å²) in [5.41, 5.74) is 1.80. The van der Waals surface area contributed by atoms with E-state index in [1.54, 1.807) is 13.3 Å². The van der Waals surface area contributed by atoms with Crippen molar-refractivity contribution in [2.75, 3.05) is 39.8 Å². The third-order valence-electron chi connectivity index (χ3n) is 4.93. The molecule has 0 radical (unpaired) electrons. The highest BCUT2D eigenvalue weighted by Crippen LogP contribution is 2.20. The SMILES string of the molecule is CN=C(NCCc1nc(-c2cccc(Cl)c2)no1)N1CCN(Cc2ccon2)CC1. The summed E-state index contributed by atoms with van der Waals surface area (Å²) in [5, 5.41) is 12.1. The van der Waals surface area contributed by atoms with Crippen LogP contribution in [0, 0.1) is 0 Å². The lowest BCUT2D eigenvalue weighted by Gasteiger charge is -2.36. The van der Waals surface area contributed by atoms with Crippen molar-refractivity contribution in [3.63, 3.8) is 0 Å². The molecule has 3 aromatic rings. The van der Waals surface area contributed by atoms with Crippen LogP contribution >= 0.6 is 11.6 Å². The standard InChI is InChI=1S/C20H24ClN7O2/c1-22-20(28-10-8-27(9-11-28)14-17-6-12-29-25-17)23-7-5-18-24-19(26-30-18)15-3-2-4-16(21)13-15/h2-4,6,12-13H,5,7-11,14H2,1H3,(H,22,23). The number of aliphatic imine (C=N–C) groups is 1. The highest BCUT2D eigenvalue weighted by Gasteiger charge is 2.20. The molecular formula is C20H24ClN7O2. The number of guanidine groups is 1. The van der Waals surface area contributed by atoms with Crippen LogP contribution in [0.5, 0.6) is 0 Å². The Morgan fingerprint density at radius 3 is 2.80 bits per heavy atom. The zero-order chi connectivity index (χ0) is 20.8. The summed E-state index contributed by atoms with van der Waals surface area (Å²) in [6.07, 6.45) is 2.22. The maximum atomic E-state index is 6.03. The van der Waals surface area contributed by atoms with E-state index in [9.17, 15) is 0 Å². The van der Waals surface area contributed by atoms with E-state index in [0.717, 1.165) is 49.9 Å². The molecule has 2 aromatic heterocycles. The Morgan fingerprint density at radius 2 is 2.07 bits per heavy atom. The van der Waals surface area contributed by atoms with E-state index in [1.165, 1.54) is 0 Å². The Kier molecular flexibility index (Phi) is 6.60. The van der Waals surface area contributed by atoms with E-state index in [4.69, 9.17) is 20.6 Å². The number of aromatic nitrogens is 3. The number of halogens is 1. The van der Waals surface area contributed by atoms with Crippen molar-refractivity contribution < 1.29 is 9.05 Å². The smallest absolute Gasteiger partial charge is 0.228 e. The molecule has 1 aliphatic rings. The van der Waals surface area contributed by atoms with Crippen molar-refractivity contribution in [1.82, 2.24) is 30.4 Å². The monoisotopic (exact) mass is 429 g/mol. The lowest BCUT2D eigenvalue weighted by molar-refractivity contribution is 0.169. The molecule has 0 atom stereocenters. The van der Waals surface area contributed by atoms with Gasteiger partial charge in [0.25, 0.3) is 0 Å². The molecule has 1 saturated heterocycles.